The lowest BCUT2D eigenvalue weighted by Gasteiger charge is -2.14. The highest BCUT2D eigenvalue weighted by Crippen LogP contribution is 2.28. The number of para-hydroxylation sites is 1. The number of anilines is 3. The number of aromatic nitrogens is 1. The first-order valence-corrected chi connectivity index (χ1v) is 5.79. The molecule has 0 saturated heterocycles. The first kappa shape index (κ1) is 12.9. The highest BCUT2D eigenvalue weighted by atomic mass is 16.5. The standard InChI is InChI=1S/C14H15N3O2/c1-9-12(7-4-8-16-9)17-13-10(14(18)19-2)5-3-6-11(13)15/h3-8,17H,15H2,1-2H3. The van der Waals surface area contributed by atoms with Gasteiger partial charge in [-0.3, -0.25) is 4.98 Å². The predicted octanol–water partition coefficient (Wildman–Crippen LogP) is 2.50. The lowest BCUT2D eigenvalue weighted by molar-refractivity contribution is 0.0602. The van der Waals surface area contributed by atoms with Crippen molar-refractivity contribution in [1.82, 2.24) is 4.98 Å². The number of esters is 1. The molecule has 0 spiro atoms. The van der Waals surface area contributed by atoms with E-state index in [0.717, 1.165) is 11.4 Å². The van der Waals surface area contributed by atoms with Crippen LogP contribution < -0.4 is 11.1 Å². The third-order valence-electron chi connectivity index (χ3n) is 2.77. The molecule has 1 aromatic carbocycles. The topological polar surface area (TPSA) is 77.2 Å². The van der Waals surface area contributed by atoms with Gasteiger partial charge in [0.15, 0.2) is 0 Å². The van der Waals surface area contributed by atoms with Gasteiger partial charge in [-0.1, -0.05) is 6.07 Å². The number of nitrogens with two attached hydrogens (primary N) is 1. The number of hydrogen-bond acceptors (Lipinski definition) is 5. The molecule has 98 valence electrons. The Balaban J connectivity index is 2.45. The number of hydrogen-bond donors (Lipinski definition) is 2. The van der Waals surface area contributed by atoms with Crippen LogP contribution in [0, 0.1) is 6.92 Å². The van der Waals surface area contributed by atoms with Gasteiger partial charge in [0.1, 0.15) is 0 Å². The van der Waals surface area contributed by atoms with Gasteiger partial charge >= 0.3 is 5.97 Å². The van der Waals surface area contributed by atoms with E-state index in [2.05, 4.69) is 10.3 Å². The summed E-state index contributed by atoms with van der Waals surface area (Å²) in [4.78, 5) is 15.9. The van der Waals surface area contributed by atoms with Crippen molar-refractivity contribution in [3.05, 3.63) is 47.8 Å². The number of aryl methyl sites for hydroxylation is 1. The Bertz CT molecular complexity index is 611. The third-order valence-corrected chi connectivity index (χ3v) is 2.77. The van der Waals surface area contributed by atoms with Crippen molar-refractivity contribution in [2.24, 2.45) is 0 Å². The largest absolute Gasteiger partial charge is 0.465 e. The summed E-state index contributed by atoms with van der Waals surface area (Å²) in [6.07, 6.45) is 1.70. The summed E-state index contributed by atoms with van der Waals surface area (Å²) in [5.41, 5.74) is 8.94. The molecule has 0 atom stereocenters. The molecule has 0 aliphatic carbocycles. The summed E-state index contributed by atoms with van der Waals surface area (Å²) in [6, 6.07) is 8.78. The van der Waals surface area contributed by atoms with Crippen LogP contribution in [-0.2, 0) is 4.74 Å². The van der Waals surface area contributed by atoms with Gasteiger partial charge in [0.05, 0.1) is 35.4 Å². The average molecular weight is 257 g/mol. The van der Waals surface area contributed by atoms with Crippen LogP contribution in [0.25, 0.3) is 0 Å². The minimum atomic E-state index is -0.434. The molecule has 2 aromatic rings. The molecule has 1 heterocycles. The van der Waals surface area contributed by atoms with Crippen molar-refractivity contribution in [2.75, 3.05) is 18.2 Å². The number of nitrogens with zero attached hydrogens (tertiary/aromatic N) is 1. The van der Waals surface area contributed by atoms with Crippen LogP contribution in [0.5, 0.6) is 0 Å². The summed E-state index contributed by atoms with van der Waals surface area (Å²) in [5, 5.41) is 3.14. The van der Waals surface area contributed by atoms with Gasteiger partial charge in [-0.2, -0.15) is 0 Å². The summed E-state index contributed by atoms with van der Waals surface area (Å²) < 4.78 is 4.75. The minimum absolute atomic E-state index is 0.394. The second kappa shape index (κ2) is 5.39. The number of nitrogens with one attached hydrogen (secondary N) is 1. The zero-order valence-electron chi connectivity index (χ0n) is 10.8. The van der Waals surface area contributed by atoms with Crippen molar-refractivity contribution in [1.29, 1.82) is 0 Å². The van der Waals surface area contributed by atoms with E-state index in [9.17, 15) is 4.79 Å². The van der Waals surface area contributed by atoms with Crippen molar-refractivity contribution in [3.63, 3.8) is 0 Å². The Kier molecular flexibility index (Phi) is 3.66. The molecule has 0 unspecified atom stereocenters. The maximum Gasteiger partial charge on any atom is 0.340 e. The number of carbonyl (C=O) groups is 1. The summed E-state index contributed by atoms with van der Waals surface area (Å²) in [7, 11) is 1.34. The number of pyridine rings is 1. The molecule has 3 N–H and O–H groups in total. The molecular weight excluding hydrogens is 242 g/mol. The van der Waals surface area contributed by atoms with E-state index in [1.165, 1.54) is 7.11 Å². The Morgan fingerprint density at radius 3 is 2.79 bits per heavy atom. The van der Waals surface area contributed by atoms with E-state index in [1.807, 2.05) is 19.1 Å². The smallest absolute Gasteiger partial charge is 0.340 e. The molecule has 0 amide bonds. The SMILES string of the molecule is COC(=O)c1cccc(N)c1Nc1cccnc1C. The van der Waals surface area contributed by atoms with Crippen LogP contribution in [0.15, 0.2) is 36.5 Å². The number of methoxy groups -OCH3 is 1. The molecule has 2 rings (SSSR count). The highest BCUT2D eigenvalue weighted by Gasteiger charge is 2.14. The quantitative estimate of drug-likeness (QED) is 0.652. The van der Waals surface area contributed by atoms with Crippen LogP contribution >= 0.6 is 0 Å². The second-order valence-corrected chi connectivity index (χ2v) is 4.02. The molecule has 0 radical (unpaired) electrons. The van der Waals surface area contributed by atoms with Gasteiger partial charge in [-0.15, -0.1) is 0 Å². The van der Waals surface area contributed by atoms with E-state index in [0.29, 0.717) is 16.9 Å². The first-order valence-electron chi connectivity index (χ1n) is 5.79. The molecule has 5 nitrogen and oxygen atoms in total. The van der Waals surface area contributed by atoms with Crippen LogP contribution in [0.1, 0.15) is 16.1 Å². The third kappa shape index (κ3) is 2.65. The van der Waals surface area contributed by atoms with Gasteiger partial charge in [-0.25, -0.2) is 4.79 Å². The fourth-order valence-electron chi connectivity index (χ4n) is 1.74. The highest BCUT2D eigenvalue weighted by molar-refractivity contribution is 5.99. The van der Waals surface area contributed by atoms with E-state index in [1.54, 1.807) is 24.4 Å². The molecule has 19 heavy (non-hydrogen) atoms. The molecule has 0 saturated carbocycles. The van der Waals surface area contributed by atoms with Crippen LogP contribution in [0.4, 0.5) is 17.1 Å². The Morgan fingerprint density at radius 1 is 1.32 bits per heavy atom. The second-order valence-electron chi connectivity index (χ2n) is 4.02. The number of benzene rings is 1. The predicted molar refractivity (Wildman–Crippen MR) is 74.5 cm³/mol. The summed E-state index contributed by atoms with van der Waals surface area (Å²) in [6.45, 7) is 1.87. The maximum atomic E-state index is 11.7. The molecule has 0 fully saturated rings. The van der Waals surface area contributed by atoms with E-state index in [4.69, 9.17) is 10.5 Å². The summed E-state index contributed by atoms with van der Waals surface area (Å²) >= 11 is 0. The number of rotatable bonds is 3. The zero-order chi connectivity index (χ0) is 13.8. The minimum Gasteiger partial charge on any atom is -0.465 e. The Hall–Kier alpha value is -2.56. The number of carbonyl (C=O) groups excluding carboxylic acids is 1. The number of nitrogen functional groups attached to an aromatic ring is 1. The van der Waals surface area contributed by atoms with Gasteiger partial charge in [0, 0.05) is 6.20 Å². The average Bonchev–Trinajstić information content (AvgIpc) is 2.42. The van der Waals surface area contributed by atoms with E-state index in [-0.39, 0.29) is 0 Å². The summed E-state index contributed by atoms with van der Waals surface area (Å²) in [5.74, 6) is -0.434. The molecule has 0 aliphatic heterocycles. The van der Waals surface area contributed by atoms with Crippen LogP contribution in [-0.4, -0.2) is 18.1 Å². The zero-order valence-corrected chi connectivity index (χ0v) is 10.8. The fraction of sp³-hybridized carbons (Fsp3) is 0.143. The Labute approximate surface area is 111 Å². The molecule has 5 heteroatoms. The lowest BCUT2D eigenvalue weighted by Crippen LogP contribution is -2.08. The van der Waals surface area contributed by atoms with Crippen LogP contribution in [0.2, 0.25) is 0 Å². The van der Waals surface area contributed by atoms with Gasteiger partial charge in [0.25, 0.3) is 0 Å². The first-order chi connectivity index (χ1) is 9.13. The van der Waals surface area contributed by atoms with E-state index < -0.39 is 5.97 Å². The molecule has 0 bridgehead atoms. The normalized spacial score (nSPS) is 10.0. The fourth-order valence-corrected chi connectivity index (χ4v) is 1.74. The van der Waals surface area contributed by atoms with Crippen LogP contribution in [0.3, 0.4) is 0 Å². The van der Waals surface area contributed by atoms with Gasteiger partial charge in [-0.05, 0) is 31.2 Å². The number of ether oxygens (including phenoxy) is 1. The maximum absolute atomic E-state index is 11.7. The Morgan fingerprint density at radius 2 is 2.11 bits per heavy atom. The van der Waals surface area contributed by atoms with Crippen molar-refractivity contribution in [2.45, 2.75) is 6.92 Å². The molecule has 0 aliphatic rings. The van der Waals surface area contributed by atoms with Crippen molar-refractivity contribution < 1.29 is 9.53 Å². The molecular formula is C14H15N3O2. The lowest BCUT2D eigenvalue weighted by atomic mass is 10.1. The van der Waals surface area contributed by atoms with Crippen molar-refractivity contribution >= 4 is 23.0 Å². The monoisotopic (exact) mass is 257 g/mol. The van der Waals surface area contributed by atoms with E-state index >= 15 is 0 Å². The van der Waals surface area contributed by atoms with Gasteiger partial charge < -0.3 is 15.8 Å². The van der Waals surface area contributed by atoms with Gasteiger partial charge in [0.2, 0.25) is 0 Å². The van der Waals surface area contributed by atoms with Crippen molar-refractivity contribution in [3.8, 4) is 0 Å². The molecule has 1 aromatic heterocycles.